The quantitative estimate of drug-likeness (QED) is 0.466. The van der Waals surface area contributed by atoms with Gasteiger partial charge in [0.05, 0.1) is 4.92 Å². The molecule has 2 unspecified atom stereocenters. The van der Waals surface area contributed by atoms with E-state index in [1.165, 1.54) is 6.07 Å². The molecule has 6 heteroatoms. The molecule has 0 spiro atoms. The predicted molar refractivity (Wildman–Crippen MR) is 72.9 cm³/mol. The van der Waals surface area contributed by atoms with Gasteiger partial charge in [0.2, 0.25) is 0 Å². The van der Waals surface area contributed by atoms with Crippen LogP contribution < -0.4 is 5.32 Å². The first-order valence-electron chi connectivity index (χ1n) is 5.77. The van der Waals surface area contributed by atoms with Gasteiger partial charge in [0, 0.05) is 41.0 Å². The van der Waals surface area contributed by atoms with E-state index in [4.69, 9.17) is 0 Å². The molecule has 0 fully saturated rings. The number of hydrogen-bond donors (Lipinski definition) is 1. The van der Waals surface area contributed by atoms with E-state index < -0.39 is 15.7 Å². The van der Waals surface area contributed by atoms with Gasteiger partial charge in [0.25, 0.3) is 5.69 Å². The van der Waals surface area contributed by atoms with Crippen LogP contribution in [0.4, 0.5) is 5.69 Å². The molecule has 0 heterocycles. The van der Waals surface area contributed by atoms with Crippen molar-refractivity contribution in [1.29, 1.82) is 0 Å². The zero-order chi connectivity index (χ0) is 13.5. The lowest BCUT2D eigenvalue weighted by molar-refractivity contribution is -0.384. The molecule has 1 rings (SSSR count). The fourth-order valence-corrected chi connectivity index (χ4v) is 1.93. The second kappa shape index (κ2) is 7.23. The van der Waals surface area contributed by atoms with Crippen LogP contribution in [0.3, 0.4) is 0 Å². The second-order valence-electron chi connectivity index (χ2n) is 4.20. The van der Waals surface area contributed by atoms with Crippen LogP contribution in [0.2, 0.25) is 0 Å². The summed E-state index contributed by atoms with van der Waals surface area (Å²) in [5, 5.41) is 14.0. The molecule has 0 saturated heterocycles. The lowest BCUT2D eigenvalue weighted by atomic mass is 10.2. The predicted octanol–water partition coefficient (Wildman–Crippen LogP) is 1.84. The Bertz CT molecular complexity index is 437. The van der Waals surface area contributed by atoms with Crippen molar-refractivity contribution in [3.8, 4) is 0 Å². The SMILES string of the molecule is CC(CCNCc1cccc([N+](=O)[O-])c1)S(C)=O. The molecule has 0 aliphatic heterocycles. The number of nitro benzene ring substituents is 1. The number of rotatable bonds is 7. The normalized spacial score (nSPS) is 14.1. The van der Waals surface area contributed by atoms with Crippen molar-refractivity contribution >= 4 is 16.5 Å². The summed E-state index contributed by atoms with van der Waals surface area (Å²) in [6.07, 6.45) is 2.53. The molecule has 2 atom stereocenters. The van der Waals surface area contributed by atoms with Crippen molar-refractivity contribution in [2.75, 3.05) is 12.8 Å². The number of benzene rings is 1. The van der Waals surface area contributed by atoms with Crippen LogP contribution in [-0.2, 0) is 17.3 Å². The van der Waals surface area contributed by atoms with Crippen LogP contribution in [0, 0.1) is 10.1 Å². The van der Waals surface area contributed by atoms with Gasteiger partial charge < -0.3 is 5.32 Å². The Hall–Kier alpha value is -1.27. The molecular formula is C12H18N2O3S. The first kappa shape index (κ1) is 14.8. The van der Waals surface area contributed by atoms with Gasteiger partial charge in [-0.1, -0.05) is 19.1 Å². The number of nitrogens with one attached hydrogen (secondary N) is 1. The Balaban J connectivity index is 2.38. The van der Waals surface area contributed by atoms with Gasteiger partial charge in [-0.2, -0.15) is 0 Å². The van der Waals surface area contributed by atoms with Gasteiger partial charge in [-0.3, -0.25) is 14.3 Å². The van der Waals surface area contributed by atoms with Crippen molar-refractivity contribution in [1.82, 2.24) is 5.32 Å². The third-order valence-electron chi connectivity index (χ3n) is 2.74. The average Bonchev–Trinajstić information content (AvgIpc) is 2.34. The fraction of sp³-hybridized carbons (Fsp3) is 0.500. The van der Waals surface area contributed by atoms with E-state index in [1.807, 2.05) is 13.0 Å². The standard InChI is InChI=1S/C12H18N2O3S/c1-10(18(2)17)6-7-13-9-11-4-3-5-12(8-11)14(15)16/h3-5,8,10,13H,6-7,9H2,1-2H3. The third-order valence-corrected chi connectivity index (χ3v) is 4.11. The second-order valence-corrected chi connectivity index (χ2v) is 6.00. The summed E-state index contributed by atoms with van der Waals surface area (Å²) in [4.78, 5) is 10.2. The van der Waals surface area contributed by atoms with E-state index in [9.17, 15) is 14.3 Å². The van der Waals surface area contributed by atoms with Gasteiger partial charge in [0.15, 0.2) is 0 Å². The number of nitrogens with zero attached hydrogens (tertiary/aromatic N) is 1. The van der Waals surface area contributed by atoms with Gasteiger partial charge >= 0.3 is 0 Å². The first-order chi connectivity index (χ1) is 8.50. The lowest BCUT2D eigenvalue weighted by Gasteiger charge is -2.09. The van der Waals surface area contributed by atoms with Crippen molar-refractivity contribution < 1.29 is 9.13 Å². The molecule has 1 aromatic rings. The number of hydrogen-bond acceptors (Lipinski definition) is 4. The Morgan fingerprint density at radius 2 is 2.22 bits per heavy atom. The summed E-state index contributed by atoms with van der Waals surface area (Å²) in [5.74, 6) is 0. The molecule has 0 aromatic heterocycles. The summed E-state index contributed by atoms with van der Waals surface area (Å²) in [5.41, 5.74) is 0.992. The van der Waals surface area contributed by atoms with Crippen molar-refractivity contribution in [2.45, 2.75) is 25.1 Å². The molecule has 5 nitrogen and oxygen atoms in total. The van der Waals surface area contributed by atoms with E-state index in [0.29, 0.717) is 6.54 Å². The first-order valence-corrected chi connectivity index (χ1v) is 7.39. The maximum atomic E-state index is 11.1. The Morgan fingerprint density at radius 1 is 1.50 bits per heavy atom. The van der Waals surface area contributed by atoms with Gasteiger partial charge in [-0.25, -0.2) is 0 Å². The minimum absolute atomic E-state index is 0.109. The van der Waals surface area contributed by atoms with Gasteiger partial charge in [-0.15, -0.1) is 0 Å². The maximum absolute atomic E-state index is 11.1. The zero-order valence-corrected chi connectivity index (χ0v) is 11.4. The van der Waals surface area contributed by atoms with Crippen LogP contribution in [0.15, 0.2) is 24.3 Å². The van der Waals surface area contributed by atoms with E-state index >= 15 is 0 Å². The Kier molecular flexibility index (Phi) is 5.94. The number of non-ortho nitro benzene ring substituents is 1. The topological polar surface area (TPSA) is 72.2 Å². The highest BCUT2D eigenvalue weighted by Gasteiger charge is 2.07. The maximum Gasteiger partial charge on any atom is 0.269 e. The molecule has 0 amide bonds. The molecule has 0 radical (unpaired) electrons. The summed E-state index contributed by atoms with van der Waals surface area (Å²) in [6.45, 7) is 3.29. The monoisotopic (exact) mass is 270 g/mol. The molecular weight excluding hydrogens is 252 g/mol. The Labute approximate surface area is 109 Å². The molecule has 1 N–H and O–H groups in total. The number of nitro groups is 1. The lowest BCUT2D eigenvalue weighted by Crippen LogP contribution is -2.20. The van der Waals surface area contributed by atoms with Crippen LogP contribution in [0.1, 0.15) is 18.9 Å². The Morgan fingerprint density at radius 3 is 2.83 bits per heavy atom. The van der Waals surface area contributed by atoms with Crippen LogP contribution >= 0.6 is 0 Å². The molecule has 100 valence electrons. The minimum atomic E-state index is -0.797. The van der Waals surface area contributed by atoms with Crippen LogP contribution in [0.25, 0.3) is 0 Å². The van der Waals surface area contributed by atoms with Gasteiger partial charge in [-0.05, 0) is 18.5 Å². The van der Waals surface area contributed by atoms with Gasteiger partial charge in [0.1, 0.15) is 0 Å². The van der Waals surface area contributed by atoms with Crippen LogP contribution in [-0.4, -0.2) is 27.2 Å². The van der Waals surface area contributed by atoms with Crippen molar-refractivity contribution in [2.24, 2.45) is 0 Å². The fourth-order valence-electron chi connectivity index (χ4n) is 1.48. The van der Waals surface area contributed by atoms with E-state index in [0.717, 1.165) is 18.5 Å². The average molecular weight is 270 g/mol. The largest absolute Gasteiger partial charge is 0.313 e. The van der Waals surface area contributed by atoms with Crippen LogP contribution in [0.5, 0.6) is 0 Å². The van der Waals surface area contributed by atoms with E-state index in [-0.39, 0.29) is 10.9 Å². The summed E-state index contributed by atoms with van der Waals surface area (Å²) in [7, 11) is -0.797. The highest BCUT2D eigenvalue weighted by Crippen LogP contribution is 2.12. The smallest absolute Gasteiger partial charge is 0.269 e. The molecule has 18 heavy (non-hydrogen) atoms. The van der Waals surface area contributed by atoms with E-state index in [2.05, 4.69) is 5.32 Å². The highest BCUT2D eigenvalue weighted by atomic mass is 32.2. The summed E-state index contributed by atoms with van der Waals surface area (Å²) < 4.78 is 11.1. The molecule has 0 aliphatic rings. The summed E-state index contributed by atoms with van der Waals surface area (Å²) in [6, 6.07) is 6.57. The van der Waals surface area contributed by atoms with Crippen molar-refractivity contribution in [3.05, 3.63) is 39.9 Å². The highest BCUT2D eigenvalue weighted by molar-refractivity contribution is 7.84. The molecule has 0 saturated carbocycles. The molecule has 0 aliphatic carbocycles. The summed E-state index contributed by atoms with van der Waals surface area (Å²) >= 11 is 0. The third kappa shape index (κ3) is 4.93. The molecule has 0 bridgehead atoms. The molecule has 1 aromatic carbocycles. The zero-order valence-electron chi connectivity index (χ0n) is 10.6. The minimum Gasteiger partial charge on any atom is -0.313 e. The van der Waals surface area contributed by atoms with Crippen molar-refractivity contribution in [3.63, 3.8) is 0 Å². The van der Waals surface area contributed by atoms with E-state index in [1.54, 1.807) is 18.4 Å².